The fourth-order valence-corrected chi connectivity index (χ4v) is 4.04. The third kappa shape index (κ3) is 5.46. The van der Waals surface area contributed by atoms with E-state index in [1.807, 2.05) is 6.92 Å². The Morgan fingerprint density at radius 2 is 1.82 bits per heavy atom. The highest BCUT2D eigenvalue weighted by Gasteiger charge is 2.35. The Balaban J connectivity index is 1.57. The number of imidazole rings is 1. The molecule has 0 radical (unpaired) electrons. The fraction of sp³-hybridized carbons (Fsp3) is 0.107. The minimum absolute atomic E-state index is 0.0129. The number of pyridine rings is 2. The average molecular weight is 547 g/mol. The molecule has 1 amide bonds. The van der Waals surface area contributed by atoms with Crippen molar-refractivity contribution in [1.82, 2.24) is 19.9 Å². The van der Waals surface area contributed by atoms with E-state index in [1.54, 1.807) is 42.7 Å². The lowest BCUT2D eigenvalue weighted by atomic mass is 10.1. The summed E-state index contributed by atoms with van der Waals surface area (Å²) in [6.07, 6.45) is -0.477. The Labute approximate surface area is 224 Å². The Hall–Kier alpha value is -5.26. The number of H-pyrrole nitrogens is 1. The SMILES string of the molecule is Cc1ccc(C(=O)N(Cc2nc3ccncc3[nH]2)c2ccc(Oc3ncccc3C(F)(F)F)cc2C(=O)O)cc1. The zero-order valence-corrected chi connectivity index (χ0v) is 20.8. The summed E-state index contributed by atoms with van der Waals surface area (Å²) < 4.78 is 45.6. The van der Waals surface area contributed by atoms with Crippen LogP contribution in [0.1, 0.15) is 37.7 Å². The second-order valence-corrected chi connectivity index (χ2v) is 8.77. The number of fused-ring (bicyclic) bond motifs is 1. The molecule has 0 atom stereocenters. The van der Waals surface area contributed by atoms with Gasteiger partial charge in [-0.25, -0.2) is 14.8 Å². The van der Waals surface area contributed by atoms with Crippen molar-refractivity contribution in [2.24, 2.45) is 0 Å². The molecule has 0 aliphatic rings. The van der Waals surface area contributed by atoms with E-state index in [2.05, 4.69) is 19.9 Å². The number of nitrogens with one attached hydrogen (secondary N) is 1. The average Bonchev–Trinajstić information content (AvgIpc) is 3.34. The molecule has 0 fully saturated rings. The highest BCUT2D eigenvalue weighted by Crippen LogP contribution is 2.37. The minimum atomic E-state index is -4.74. The first-order chi connectivity index (χ1) is 19.1. The molecule has 0 saturated heterocycles. The van der Waals surface area contributed by atoms with Gasteiger partial charge in [0.15, 0.2) is 0 Å². The number of alkyl halides is 3. The number of hydrogen-bond donors (Lipinski definition) is 2. The summed E-state index contributed by atoms with van der Waals surface area (Å²) >= 11 is 0. The van der Waals surface area contributed by atoms with Gasteiger partial charge in [0.1, 0.15) is 17.1 Å². The van der Waals surface area contributed by atoms with Gasteiger partial charge < -0.3 is 14.8 Å². The number of rotatable bonds is 7. The molecular formula is C28H20F3N5O4. The van der Waals surface area contributed by atoms with Crippen LogP contribution >= 0.6 is 0 Å². The first-order valence-electron chi connectivity index (χ1n) is 11.8. The maximum atomic E-state index is 13.7. The molecule has 0 bridgehead atoms. The number of aromatic carboxylic acids is 1. The van der Waals surface area contributed by atoms with Crippen LogP contribution < -0.4 is 9.64 Å². The van der Waals surface area contributed by atoms with Gasteiger partial charge in [-0.2, -0.15) is 13.2 Å². The van der Waals surface area contributed by atoms with Gasteiger partial charge in [-0.05, 0) is 55.5 Å². The predicted molar refractivity (Wildman–Crippen MR) is 138 cm³/mol. The van der Waals surface area contributed by atoms with Crippen molar-refractivity contribution in [3.8, 4) is 11.6 Å². The number of carboxylic acids is 1. The van der Waals surface area contributed by atoms with Crippen molar-refractivity contribution in [2.45, 2.75) is 19.6 Å². The first-order valence-corrected chi connectivity index (χ1v) is 11.8. The number of nitrogens with zero attached hydrogens (tertiary/aromatic N) is 4. The number of aromatic nitrogens is 4. The topological polar surface area (TPSA) is 121 Å². The predicted octanol–water partition coefficient (Wildman–Crippen LogP) is 6.02. The molecule has 202 valence electrons. The number of aromatic amines is 1. The monoisotopic (exact) mass is 547 g/mol. The van der Waals surface area contributed by atoms with Crippen LogP contribution in [0.3, 0.4) is 0 Å². The van der Waals surface area contributed by atoms with Gasteiger partial charge in [0.05, 0.1) is 35.0 Å². The third-order valence-electron chi connectivity index (χ3n) is 5.96. The van der Waals surface area contributed by atoms with E-state index < -0.39 is 29.5 Å². The van der Waals surface area contributed by atoms with E-state index in [0.717, 1.165) is 30.0 Å². The van der Waals surface area contributed by atoms with E-state index in [4.69, 9.17) is 4.74 Å². The summed E-state index contributed by atoms with van der Waals surface area (Å²) in [7, 11) is 0. The number of amides is 1. The molecule has 2 N–H and O–H groups in total. The Kier molecular flexibility index (Phi) is 6.91. The first kappa shape index (κ1) is 26.4. The Morgan fingerprint density at radius 1 is 1.05 bits per heavy atom. The van der Waals surface area contributed by atoms with Crippen molar-refractivity contribution in [3.05, 3.63) is 107 Å². The van der Waals surface area contributed by atoms with Crippen molar-refractivity contribution >= 4 is 28.6 Å². The van der Waals surface area contributed by atoms with Crippen molar-refractivity contribution < 1.29 is 32.6 Å². The largest absolute Gasteiger partial charge is 0.478 e. The highest BCUT2D eigenvalue weighted by molar-refractivity contribution is 6.09. The molecule has 0 aliphatic heterocycles. The van der Waals surface area contributed by atoms with E-state index >= 15 is 0 Å². The van der Waals surface area contributed by atoms with Gasteiger partial charge >= 0.3 is 12.1 Å². The molecule has 0 spiro atoms. The van der Waals surface area contributed by atoms with Gasteiger partial charge in [-0.3, -0.25) is 14.7 Å². The van der Waals surface area contributed by atoms with Gasteiger partial charge in [0, 0.05) is 18.0 Å². The molecule has 0 saturated carbocycles. The molecule has 5 aromatic rings. The summed E-state index contributed by atoms with van der Waals surface area (Å²) in [5.41, 5.74) is 0.938. The molecule has 40 heavy (non-hydrogen) atoms. The maximum Gasteiger partial charge on any atom is 0.421 e. The molecule has 12 heteroatoms. The normalized spacial score (nSPS) is 11.4. The lowest BCUT2D eigenvalue weighted by molar-refractivity contribution is -0.138. The number of hydrogen-bond acceptors (Lipinski definition) is 6. The molecule has 3 aromatic heterocycles. The van der Waals surface area contributed by atoms with E-state index in [-0.39, 0.29) is 23.5 Å². The van der Waals surface area contributed by atoms with Crippen LogP contribution in [-0.4, -0.2) is 36.9 Å². The number of ether oxygens (including phenoxy) is 1. The van der Waals surface area contributed by atoms with E-state index in [1.165, 1.54) is 17.0 Å². The molecule has 5 rings (SSSR count). The summed E-state index contributed by atoms with van der Waals surface area (Å²) in [6.45, 7) is 1.72. The smallest absolute Gasteiger partial charge is 0.421 e. The van der Waals surface area contributed by atoms with Crippen LogP contribution in [0.5, 0.6) is 11.6 Å². The van der Waals surface area contributed by atoms with Crippen LogP contribution in [0.15, 0.2) is 79.3 Å². The fourth-order valence-electron chi connectivity index (χ4n) is 4.04. The van der Waals surface area contributed by atoms with Gasteiger partial charge in [-0.1, -0.05) is 17.7 Å². The molecule has 0 aliphatic carbocycles. The van der Waals surface area contributed by atoms with Gasteiger partial charge in [0.25, 0.3) is 5.91 Å². The number of carbonyl (C=O) groups is 2. The van der Waals surface area contributed by atoms with Crippen LogP contribution in [0.2, 0.25) is 0 Å². The number of carboxylic acid groups (broad SMARTS) is 1. The zero-order valence-electron chi connectivity index (χ0n) is 20.8. The van der Waals surface area contributed by atoms with Crippen molar-refractivity contribution in [1.29, 1.82) is 0 Å². The summed E-state index contributed by atoms with van der Waals surface area (Å²) in [6, 6.07) is 13.9. The Bertz CT molecular complexity index is 1680. The quantitative estimate of drug-likeness (QED) is 0.256. The number of carbonyl (C=O) groups excluding carboxylic acids is 1. The van der Waals surface area contributed by atoms with Gasteiger partial charge in [0.2, 0.25) is 5.88 Å². The van der Waals surface area contributed by atoms with Crippen molar-refractivity contribution in [3.63, 3.8) is 0 Å². The Morgan fingerprint density at radius 3 is 2.52 bits per heavy atom. The summed E-state index contributed by atoms with van der Waals surface area (Å²) in [5, 5.41) is 10.0. The lowest BCUT2D eigenvalue weighted by Crippen LogP contribution is -2.32. The second kappa shape index (κ2) is 10.5. The maximum absolute atomic E-state index is 13.7. The summed E-state index contributed by atoms with van der Waals surface area (Å²) in [4.78, 5) is 42.5. The highest BCUT2D eigenvalue weighted by atomic mass is 19.4. The van der Waals surface area contributed by atoms with Crippen LogP contribution in [0, 0.1) is 6.92 Å². The lowest BCUT2D eigenvalue weighted by Gasteiger charge is -2.24. The summed E-state index contributed by atoms with van der Waals surface area (Å²) in [5.74, 6) is -2.51. The minimum Gasteiger partial charge on any atom is -0.478 e. The van der Waals surface area contributed by atoms with Crippen LogP contribution in [-0.2, 0) is 12.7 Å². The van der Waals surface area contributed by atoms with Gasteiger partial charge in [-0.15, -0.1) is 0 Å². The van der Waals surface area contributed by atoms with Crippen molar-refractivity contribution in [2.75, 3.05) is 4.90 Å². The number of benzene rings is 2. The van der Waals surface area contributed by atoms with E-state index in [0.29, 0.717) is 22.4 Å². The third-order valence-corrected chi connectivity index (χ3v) is 5.96. The number of aryl methyl sites for hydroxylation is 1. The molecule has 2 aromatic carbocycles. The molecule has 9 nitrogen and oxygen atoms in total. The molecule has 3 heterocycles. The van der Waals surface area contributed by atoms with E-state index in [9.17, 15) is 27.9 Å². The number of anilines is 1. The standard InChI is InChI=1S/C28H20F3N5O4/c1-16-4-6-17(7-5-16)26(37)36(15-24-34-21-10-12-32-14-22(21)35-24)23-9-8-18(13-19(23)27(38)39)40-25-20(28(29,30)31)3-2-11-33-25/h2-14H,15H2,1H3,(H,34,35)(H,38,39). The second-order valence-electron chi connectivity index (χ2n) is 8.77. The molecular weight excluding hydrogens is 527 g/mol. The zero-order chi connectivity index (χ0) is 28.4. The van der Waals surface area contributed by atoms with Crippen LogP contribution in [0.4, 0.5) is 18.9 Å². The molecule has 0 unspecified atom stereocenters. The number of halogens is 3. The van der Waals surface area contributed by atoms with Crippen LogP contribution in [0.25, 0.3) is 11.0 Å².